The summed E-state index contributed by atoms with van der Waals surface area (Å²) < 4.78 is 7.11. The summed E-state index contributed by atoms with van der Waals surface area (Å²) in [6, 6.07) is 0. The summed E-state index contributed by atoms with van der Waals surface area (Å²) in [7, 11) is 0. The van der Waals surface area contributed by atoms with Gasteiger partial charge in [-0.2, -0.15) is 0 Å². The fourth-order valence-corrected chi connectivity index (χ4v) is 3.18. The number of nitrogens with zero attached hydrogens (tertiary/aromatic N) is 5. The van der Waals surface area contributed by atoms with Crippen molar-refractivity contribution in [2.75, 3.05) is 26.2 Å². The van der Waals surface area contributed by atoms with Crippen molar-refractivity contribution in [3.8, 4) is 0 Å². The molecule has 2 fully saturated rings. The normalized spacial score (nSPS) is 22.9. The molecule has 0 aromatic carbocycles. The Morgan fingerprint density at radius 2 is 2.04 bits per heavy atom. The van der Waals surface area contributed by atoms with Crippen LogP contribution in [0.3, 0.4) is 0 Å². The average Bonchev–Trinajstić information content (AvgIpc) is 3.14. The first-order chi connectivity index (χ1) is 11.3. The highest BCUT2D eigenvalue weighted by molar-refractivity contribution is 5.75. The standard InChI is InChI=1S/C15H26N6O2/c22-15(16-10-13-6-5-9-23-13)12-21-14(17-18-19-21)11-20-7-3-1-2-4-8-20/h13H,1-12H2,(H,16,22). The van der Waals surface area contributed by atoms with Crippen LogP contribution in [0.2, 0.25) is 0 Å². The lowest BCUT2D eigenvalue weighted by Crippen LogP contribution is -2.35. The molecule has 0 bridgehead atoms. The van der Waals surface area contributed by atoms with E-state index in [9.17, 15) is 4.79 Å². The maximum atomic E-state index is 12.1. The lowest BCUT2D eigenvalue weighted by Gasteiger charge is -2.18. The van der Waals surface area contributed by atoms with Crippen LogP contribution in [0.15, 0.2) is 0 Å². The molecule has 1 aromatic rings. The molecule has 1 amide bonds. The van der Waals surface area contributed by atoms with Gasteiger partial charge in [0.05, 0.1) is 12.6 Å². The number of carbonyl (C=O) groups is 1. The van der Waals surface area contributed by atoms with Gasteiger partial charge in [-0.05, 0) is 49.2 Å². The van der Waals surface area contributed by atoms with Crippen LogP contribution in [0.5, 0.6) is 0 Å². The van der Waals surface area contributed by atoms with E-state index in [0.717, 1.165) is 38.4 Å². The predicted octanol–water partition coefficient (Wildman–Crippen LogP) is 0.344. The number of aromatic nitrogens is 4. The fraction of sp³-hybridized carbons (Fsp3) is 0.867. The summed E-state index contributed by atoms with van der Waals surface area (Å²) in [6.07, 6.45) is 7.30. The molecule has 3 heterocycles. The molecule has 8 nitrogen and oxygen atoms in total. The van der Waals surface area contributed by atoms with Gasteiger partial charge < -0.3 is 10.1 Å². The third-order valence-electron chi connectivity index (χ3n) is 4.51. The molecule has 1 aromatic heterocycles. The fourth-order valence-electron chi connectivity index (χ4n) is 3.18. The van der Waals surface area contributed by atoms with Gasteiger partial charge in [-0.3, -0.25) is 9.69 Å². The molecule has 128 valence electrons. The molecule has 1 unspecified atom stereocenters. The SMILES string of the molecule is O=C(Cn1nnnc1CN1CCCCCC1)NCC1CCCO1. The lowest BCUT2D eigenvalue weighted by molar-refractivity contribution is -0.122. The molecule has 2 aliphatic rings. The Kier molecular flexibility index (Phi) is 5.93. The number of likely N-dealkylation sites (tertiary alicyclic amines) is 1. The van der Waals surface area contributed by atoms with E-state index in [1.165, 1.54) is 25.7 Å². The molecule has 2 aliphatic heterocycles. The monoisotopic (exact) mass is 322 g/mol. The van der Waals surface area contributed by atoms with Crippen molar-refractivity contribution < 1.29 is 9.53 Å². The largest absolute Gasteiger partial charge is 0.376 e. The van der Waals surface area contributed by atoms with Gasteiger partial charge in [0, 0.05) is 13.2 Å². The Bertz CT molecular complexity index is 492. The molecule has 23 heavy (non-hydrogen) atoms. The van der Waals surface area contributed by atoms with Crippen molar-refractivity contribution in [2.45, 2.75) is 57.7 Å². The van der Waals surface area contributed by atoms with Gasteiger partial charge in [0.1, 0.15) is 6.54 Å². The van der Waals surface area contributed by atoms with Gasteiger partial charge in [0.2, 0.25) is 5.91 Å². The zero-order valence-electron chi connectivity index (χ0n) is 13.6. The topological polar surface area (TPSA) is 85.2 Å². The molecule has 8 heteroatoms. The average molecular weight is 322 g/mol. The van der Waals surface area contributed by atoms with Crippen LogP contribution >= 0.6 is 0 Å². The minimum atomic E-state index is -0.0649. The van der Waals surface area contributed by atoms with Gasteiger partial charge in [0.15, 0.2) is 5.82 Å². The number of rotatable bonds is 6. The van der Waals surface area contributed by atoms with Crippen LogP contribution in [0.25, 0.3) is 0 Å². The number of nitrogens with one attached hydrogen (secondary N) is 1. The number of ether oxygens (including phenoxy) is 1. The summed E-state index contributed by atoms with van der Waals surface area (Å²) in [4.78, 5) is 14.4. The van der Waals surface area contributed by atoms with E-state index >= 15 is 0 Å². The second kappa shape index (κ2) is 8.35. The van der Waals surface area contributed by atoms with Crippen LogP contribution < -0.4 is 5.32 Å². The molecule has 0 saturated carbocycles. The molecule has 3 rings (SSSR count). The van der Waals surface area contributed by atoms with Gasteiger partial charge in [0.25, 0.3) is 0 Å². The summed E-state index contributed by atoms with van der Waals surface area (Å²) in [5.41, 5.74) is 0. The number of tetrazole rings is 1. The molecule has 2 saturated heterocycles. The minimum absolute atomic E-state index is 0.0649. The van der Waals surface area contributed by atoms with Crippen molar-refractivity contribution >= 4 is 5.91 Å². The van der Waals surface area contributed by atoms with Crippen LogP contribution in [0, 0.1) is 0 Å². The van der Waals surface area contributed by atoms with Crippen molar-refractivity contribution in [3.63, 3.8) is 0 Å². The predicted molar refractivity (Wildman–Crippen MR) is 83.5 cm³/mol. The number of hydrogen-bond acceptors (Lipinski definition) is 6. The van der Waals surface area contributed by atoms with Crippen LogP contribution in [0.4, 0.5) is 0 Å². The smallest absolute Gasteiger partial charge is 0.241 e. The number of amides is 1. The lowest BCUT2D eigenvalue weighted by atomic mass is 10.2. The summed E-state index contributed by atoms with van der Waals surface area (Å²) in [6.45, 7) is 4.42. The summed E-state index contributed by atoms with van der Waals surface area (Å²) >= 11 is 0. The van der Waals surface area contributed by atoms with Crippen molar-refractivity contribution in [1.82, 2.24) is 30.4 Å². The summed E-state index contributed by atoms with van der Waals surface area (Å²) in [5.74, 6) is 0.698. The van der Waals surface area contributed by atoms with E-state index in [4.69, 9.17) is 4.74 Å². The minimum Gasteiger partial charge on any atom is -0.376 e. The molecule has 0 radical (unpaired) electrons. The van der Waals surface area contributed by atoms with Gasteiger partial charge in [-0.25, -0.2) is 4.68 Å². The molecule has 1 atom stereocenters. The van der Waals surface area contributed by atoms with Crippen molar-refractivity contribution in [2.24, 2.45) is 0 Å². The second-order valence-corrected chi connectivity index (χ2v) is 6.38. The third kappa shape index (κ3) is 4.97. The van der Waals surface area contributed by atoms with Crippen LogP contribution in [-0.2, 0) is 22.6 Å². The maximum Gasteiger partial charge on any atom is 0.241 e. The van der Waals surface area contributed by atoms with Gasteiger partial charge in [-0.15, -0.1) is 5.10 Å². The zero-order chi connectivity index (χ0) is 15.9. The van der Waals surface area contributed by atoms with Crippen LogP contribution in [0.1, 0.15) is 44.3 Å². The summed E-state index contributed by atoms with van der Waals surface area (Å²) in [5, 5.41) is 14.7. The Morgan fingerprint density at radius 1 is 1.22 bits per heavy atom. The van der Waals surface area contributed by atoms with Crippen molar-refractivity contribution in [1.29, 1.82) is 0 Å². The Balaban J connectivity index is 1.47. The Morgan fingerprint density at radius 3 is 2.78 bits per heavy atom. The maximum absolute atomic E-state index is 12.1. The molecule has 0 aliphatic carbocycles. The quantitative estimate of drug-likeness (QED) is 0.813. The number of carbonyl (C=O) groups excluding carboxylic acids is 1. The highest BCUT2D eigenvalue weighted by Crippen LogP contribution is 2.12. The molecular weight excluding hydrogens is 296 g/mol. The first kappa shape index (κ1) is 16.3. The van der Waals surface area contributed by atoms with E-state index in [1.807, 2.05) is 0 Å². The first-order valence-corrected chi connectivity index (χ1v) is 8.67. The highest BCUT2D eigenvalue weighted by atomic mass is 16.5. The first-order valence-electron chi connectivity index (χ1n) is 8.67. The van der Waals surface area contributed by atoms with E-state index in [1.54, 1.807) is 4.68 Å². The molecular formula is C15H26N6O2. The highest BCUT2D eigenvalue weighted by Gasteiger charge is 2.18. The zero-order valence-corrected chi connectivity index (χ0v) is 13.6. The molecule has 1 N–H and O–H groups in total. The van der Waals surface area contributed by atoms with Crippen LogP contribution in [-0.4, -0.2) is 63.4 Å². The third-order valence-corrected chi connectivity index (χ3v) is 4.51. The molecule has 0 spiro atoms. The second-order valence-electron chi connectivity index (χ2n) is 6.38. The van der Waals surface area contributed by atoms with Gasteiger partial charge in [-0.1, -0.05) is 12.8 Å². The van der Waals surface area contributed by atoms with E-state index < -0.39 is 0 Å². The van der Waals surface area contributed by atoms with E-state index in [-0.39, 0.29) is 18.6 Å². The Labute approximate surface area is 136 Å². The van der Waals surface area contributed by atoms with Gasteiger partial charge >= 0.3 is 0 Å². The van der Waals surface area contributed by atoms with E-state index in [2.05, 4.69) is 25.7 Å². The van der Waals surface area contributed by atoms with Crippen molar-refractivity contribution in [3.05, 3.63) is 5.82 Å². The van der Waals surface area contributed by atoms with E-state index in [0.29, 0.717) is 13.1 Å². The number of hydrogen-bond donors (Lipinski definition) is 1. The Hall–Kier alpha value is -1.54.